The number of hydrogen-bond acceptors (Lipinski definition) is 2. The van der Waals surface area contributed by atoms with Crippen LogP contribution in [0.25, 0.3) is 0 Å². The molecule has 0 aliphatic rings. The molecule has 0 aliphatic heterocycles. The first kappa shape index (κ1) is 16.4. The van der Waals surface area contributed by atoms with E-state index in [2.05, 4.69) is 18.9 Å². The van der Waals surface area contributed by atoms with Crippen molar-refractivity contribution in [3.8, 4) is 0 Å². The fourth-order valence-electron chi connectivity index (χ4n) is 1.17. The normalized spacial score (nSPS) is 9.86. The van der Waals surface area contributed by atoms with Gasteiger partial charge in [-0.1, -0.05) is 27.2 Å². The Morgan fingerprint density at radius 3 is 2.07 bits per heavy atom. The number of ether oxygens (including phenoxy) is 1. The molecule has 0 saturated heterocycles. The second-order valence-electron chi connectivity index (χ2n) is 3.36. The van der Waals surface area contributed by atoms with Crippen LogP contribution >= 0.6 is 0 Å². The molecule has 0 aromatic carbocycles. The van der Waals surface area contributed by atoms with Gasteiger partial charge in [0.2, 0.25) is 0 Å². The van der Waals surface area contributed by atoms with Crippen molar-refractivity contribution in [2.24, 2.45) is 0 Å². The Bertz CT molecular complexity index is 86.4. The minimum atomic E-state index is 0.904. The molecule has 0 saturated carbocycles. The Kier molecular flexibility index (Phi) is 18.0. The largest absolute Gasteiger partial charge is 0.385 e. The maximum absolute atomic E-state index is 4.99. The number of rotatable bonds is 8. The molecular formula is C12H29NO. The van der Waals surface area contributed by atoms with Gasteiger partial charge in [0.25, 0.3) is 0 Å². The number of hydrogen-bond donors (Lipinski definition) is 0. The lowest BCUT2D eigenvalue weighted by molar-refractivity contribution is 0.187. The molecule has 0 spiro atoms. The summed E-state index contributed by atoms with van der Waals surface area (Å²) in [5, 5.41) is 0. The van der Waals surface area contributed by atoms with Gasteiger partial charge >= 0.3 is 0 Å². The maximum atomic E-state index is 4.99. The molecule has 0 aliphatic carbocycles. The van der Waals surface area contributed by atoms with E-state index in [0.717, 1.165) is 6.61 Å². The molecule has 0 aromatic heterocycles. The van der Waals surface area contributed by atoms with E-state index in [1.807, 2.05) is 13.8 Å². The number of nitrogens with zero attached hydrogens (tertiary/aromatic N) is 1. The molecule has 0 amide bonds. The second kappa shape index (κ2) is 15.4. The fourth-order valence-corrected chi connectivity index (χ4v) is 1.17. The van der Waals surface area contributed by atoms with Crippen LogP contribution in [0.15, 0.2) is 0 Å². The van der Waals surface area contributed by atoms with Crippen LogP contribution in [0.2, 0.25) is 0 Å². The van der Waals surface area contributed by atoms with Gasteiger partial charge in [0.15, 0.2) is 0 Å². The lowest BCUT2D eigenvalue weighted by atomic mass is 10.3. The average Bonchev–Trinajstić information content (AvgIpc) is 2.24. The van der Waals surface area contributed by atoms with Crippen LogP contribution in [0.5, 0.6) is 0 Å². The smallest absolute Gasteiger partial charge is 0.0462 e. The Balaban J connectivity index is 0. The second-order valence-corrected chi connectivity index (χ2v) is 3.36. The summed E-state index contributed by atoms with van der Waals surface area (Å²) in [4.78, 5) is 2.40. The van der Waals surface area contributed by atoms with E-state index in [1.54, 1.807) is 7.11 Å². The van der Waals surface area contributed by atoms with E-state index >= 15 is 0 Å². The predicted octanol–water partition coefficient (Wildman–Crippen LogP) is 3.17. The van der Waals surface area contributed by atoms with Gasteiger partial charge in [-0.2, -0.15) is 0 Å². The van der Waals surface area contributed by atoms with Gasteiger partial charge in [-0.05, 0) is 39.4 Å². The molecule has 0 radical (unpaired) electrons. The molecule has 88 valence electrons. The molecule has 14 heavy (non-hydrogen) atoms. The van der Waals surface area contributed by atoms with Gasteiger partial charge in [0, 0.05) is 13.7 Å². The maximum Gasteiger partial charge on any atom is 0.0462 e. The van der Waals surface area contributed by atoms with Crippen molar-refractivity contribution in [1.29, 1.82) is 0 Å². The molecule has 2 heteroatoms. The third-order valence-corrected chi connectivity index (χ3v) is 2.03. The molecule has 0 aromatic rings. The molecule has 0 atom stereocenters. The Hall–Kier alpha value is -0.0800. The number of methoxy groups -OCH3 is 1. The Morgan fingerprint density at radius 2 is 1.57 bits per heavy atom. The van der Waals surface area contributed by atoms with Gasteiger partial charge in [-0.25, -0.2) is 0 Å². The summed E-state index contributed by atoms with van der Waals surface area (Å²) in [6.45, 7) is 9.59. The third-order valence-electron chi connectivity index (χ3n) is 2.03. The SMILES string of the molecule is CC.CCCCN(C)CCCCOC. The lowest BCUT2D eigenvalue weighted by Gasteiger charge is -2.15. The summed E-state index contributed by atoms with van der Waals surface area (Å²) in [5.41, 5.74) is 0. The van der Waals surface area contributed by atoms with E-state index in [0.29, 0.717) is 0 Å². The van der Waals surface area contributed by atoms with E-state index in [1.165, 1.54) is 38.8 Å². The molecule has 0 heterocycles. The van der Waals surface area contributed by atoms with Crippen molar-refractivity contribution in [2.45, 2.75) is 46.5 Å². The summed E-state index contributed by atoms with van der Waals surface area (Å²) in [6, 6.07) is 0. The molecule has 0 rings (SSSR count). The van der Waals surface area contributed by atoms with E-state index in [4.69, 9.17) is 4.74 Å². The summed E-state index contributed by atoms with van der Waals surface area (Å²) in [5.74, 6) is 0. The first-order chi connectivity index (χ1) is 6.81. The van der Waals surface area contributed by atoms with Gasteiger partial charge in [0.1, 0.15) is 0 Å². The van der Waals surface area contributed by atoms with Crippen LogP contribution in [0.1, 0.15) is 46.5 Å². The fraction of sp³-hybridized carbons (Fsp3) is 1.00. The third kappa shape index (κ3) is 14.4. The molecule has 0 unspecified atom stereocenters. The van der Waals surface area contributed by atoms with Crippen LogP contribution in [-0.4, -0.2) is 38.8 Å². The highest BCUT2D eigenvalue weighted by Gasteiger charge is 1.95. The first-order valence-corrected chi connectivity index (χ1v) is 5.98. The zero-order chi connectivity index (χ0) is 11.2. The van der Waals surface area contributed by atoms with Crippen LogP contribution < -0.4 is 0 Å². The molecule has 0 N–H and O–H groups in total. The Labute approximate surface area is 90.6 Å². The lowest BCUT2D eigenvalue weighted by Crippen LogP contribution is -2.20. The van der Waals surface area contributed by atoms with Crippen LogP contribution in [0.3, 0.4) is 0 Å². The monoisotopic (exact) mass is 203 g/mol. The standard InChI is InChI=1S/C10H23NO.C2H6/c1-4-5-8-11(2)9-6-7-10-12-3;1-2/h4-10H2,1-3H3;1-2H3. The van der Waals surface area contributed by atoms with Crippen molar-refractivity contribution in [3.63, 3.8) is 0 Å². The van der Waals surface area contributed by atoms with E-state index < -0.39 is 0 Å². The van der Waals surface area contributed by atoms with Crippen LogP contribution in [0.4, 0.5) is 0 Å². The van der Waals surface area contributed by atoms with Crippen molar-refractivity contribution >= 4 is 0 Å². The minimum absolute atomic E-state index is 0.904. The average molecular weight is 203 g/mol. The predicted molar refractivity (Wildman–Crippen MR) is 64.9 cm³/mol. The van der Waals surface area contributed by atoms with Gasteiger partial charge in [0.05, 0.1) is 0 Å². The summed E-state index contributed by atoms with van der Waals surface area (Å²) in [6.07, 6.45) is 5.06. The molecule has 0 fully saturated rings. The van der Waals surface area contributed by atoms with Crippen molar-refractivity contribution in [2.75, 3.05) is 33.9 Å². The topological polar surface area (TPSA) is 12.5 Å². The highest BCUT2D eigenvalue weighted by Crippen LogP contribution is 1.95. The molecular weight excluding hydrogens is 174 g/mol. The number of unbranched alkanes of at least 4 members (excludes halogenated alkanes) is 2. The van der Waals surface area contributed by atoms with Crippen molar-refractivity contribution < 1.29 is 4.74 Å². The van der Waals surface area contributed by atoms with Gasteiger partial charge in [-0.15, -0.1) is 0 Å². The highest BCUT2D eigenvalue weighted by molar-refractivity contribution is 4.51. The quantitative estimate of drug-likeness (QED) is 0.562. The van der Waals surface area contributed by atoms with Gasteiger partial charge in [-0.3, -0.25) is 0 Å². The first-order valence-electron chi connectivity index (χ1n) is 5.98. The van der Waals surface area contributed by atoms with Crippen molar-refractivity contribution in [1.82, 2.24) is 4.90 Å². The van der Waals surface area contributed by atoms with Gasteiger partial charge < -0.3 is 9.64 Å². The Morgan fingerprint density at radius 1 is 1.00 bits per heavy atom. The zero-order valence-corrected chi connectivity index (χ0v) is 10.8. The molecule has 2 nitrogen and oxygen atoms in total. The summed E-state index contributed by atoms with van der Waals surface area (Å²) in [7, 11) is 3.96. The summed E-state index contributed by atoms with van der Waals surface area (Å²) >= 11 is 0. The van der Waals surface area contributed by atoms with Crippen LogP contribution in [0, 0.1) is 0 Å². The van der Waals surface area contributed by atoms with Crippen molar-refractivity contribution in [3.05, 3.63) is 0 Å². The molecule has 0 bridgehead atoms. The minimum Gasteiger partial charge on any atom is -0.385 e. The van der Waals surface area contributed by atoms with E-state index in [-0.39, 0.29) is 0 Å². The van der Waals surface area contributed by atoms with Crippen LogP contribution in [-0.2, 0) is 4.74 Å². The van der Waals surface area contributed by atoms with E-state index in [9.17, 15) is 0 Å². The zero-order valence-electron chi connectivity index (χ0n) is 10.8. The summed E-state index contributed by atoms with van der Waals surface area (Å²) < 4.78 is 4.99. The highest BCUT2D eigenvalue weighted by atomic mass is 16.5.